The fraction of sp³-hybridized carbons (Fsp3) is 0.500. The fourth-order valence-corrected chi connectivity index (χ4v) is 1.18. The summed E-state index contributed by atoms with van der Waals surface area (Å²) in [4.78, 5) is 0. The van der Waals surface area contributed by atoms with Gasteiger partial charge >= 0.3 is 15.6 Å². The number of aromatic nitrogens is 2. The number of halogens is 3. The Hall–Kier alpha value is -1.09. The minimum Gasteiger partial charge on any atom is -0.275 e. The summed E-state index contributed by atoms with van der Waals surface area (Å²) in [6.45, 7) is -0.685. The second-order valence-corrected chi connectivity index (χ2v) is 4.29. The SMILES string of the molecule is Cn1cc(COS(=O)(=O)C(F)(F)F)cn1. The normalized spacial score (nSPS) is 13.1. The van der Waals surface area contributed by atoms with Crippen molar-refractivity contribution in [2.45, 2.75) is 12.1 Å². The molecule has 1 aromatic rings. The fourth-order valence-electron chi connectivity index (χ4n) is 0.759. The molecule has 0 atom stereocenters. The average Bonchev–Trinajstić information content (AvgIpc) is 2.46. The molecular formula is C6H7F3N2O3S. The van der Waals surface area contributed by atoms with E-state index in [2.05, 4.69) is 9.28 Å². The zero-order valence-corrected chi connectivity index (χ0v) is 8.34. The van der Waals surface area contributed by atoms with E-state index in [1.54, 1.807) is 7.05 Å². The Morgan fingerprint density at radius 1 is 1.53 bits per heavy atom. The van der Waals surface area contributed by atoms with Crippen molar-refractivity contribution in [3.8, 4) is 0 Å². The molecule has 1 rings (SSSR count). The van der Waals surface area contributed by atoms with Gasteiger partial charge in [-0.2, -0.15) is 26.7 Å². The van der Waals surface area contributed by atoms with E-state index in [1.165, 1.54) is 17.1 Å². The van der Waals surface area contributed by atoms with Crippen molar-refractivity contribution in [2.24, 2.45) is 7.05 Å². The molecule has 0 fully saturated rings. The minimum atomic E-state index is -5.52. The van der Waals surface area contributed by atoms with E-state index in [-0.39, 0.29) is 5.56 Å². The van der Waals surface area contributed by atoms with E-state index in [0.717, 1.165) is 0 Å². The Kier molecular flexibility index (Phi) is 3.05. The van der Waals surface area contributed by atoms with Crippen LogP contribution in [0.5, 0.6) is 0 Å². The van der Waals surface area contributed by atoms with E-state index < -0.39 is 22.2 Å². The summed E-state index contributed by atoms with van der Waals surface area (Å²) in [6, 6.07) is 0. The van der Waals surface area contributed by atoms with Crippen LogP contribution in [0.15, 0.2) is 12.4 Å². The summed E-state index contributed by atoms with van der Waals surface area (Å²) in [6.07, 6.45) is 2.57. The smallest absolute Gasteiger partial charge is 0.275 e. The van der Waals surface area contributed by atoms with Crippen LogP contribution < -0.4 is 0 Å². The Balaban J connectivity index is 2.66. The number of hydrogen-bond acceptors (Lipinski definition) is 4. The van der Waals surface area contributed by atoms with Crippen molar-refractivity contribution in [1.82, 2.24) is 9.78 Å². The number of rotatable bonds is 3. The molecule has 0 aromatic carbocycles. The molecule has 0 aliphatic heterocycles. The van der Waals surface area contributed by atoms with Gasteiger partial charge in [-0.05, 0) is 0 Å². The van der Waals surface area contributed by atoms with Crippen molar-refractivity contribution in [3.05, 3.63) is 18.0 Å². The molecule has 86 valence electrons. The van der Waals surface area contributed by atoms with Crippen LogP contribution in [0.2, 0.25) is 0 Å². The van der Waals surface area contributed by atoms with Gasteiger partial charge in [0.05, 0.1) is 12.8 Å². The molecule has 15 heavy (non-hydrogen) atoms. The van der Waals surface area contributed by atoms with Gasteiger partial charge < -0.3 is 0 Å². The lowest BCUT2D eigenvalue weighted by Gasteiger charge is -2.06. The van der Waals surface area contributed by atoms with Gasteiger partial charge in [0.1, 0.15) is 0 Å². The molecule has 0 spiro atoms. The maximum Gasteiger partial charge on any atom is 0.523 e. The molecule has 0 saturated heterocycles. The van der Waals surface area contributed by atoms with Gasteiger partial charge in [0.25, 0.3) is 0 Å². The van der Waals surface area contributed by atoms with E-state index in [9.17, 15) is 21.6 Å². The van der Waals surface area contributed by atoms with E-state index >= 15 is 0 Å². The Morgan fingerprint density at radius 3 is 2.53 bits per heavy atom. The maximum atomic E-state index is 11.8. The van der Waals surface area contributed by atoms with Gasteiger partial charge in [-0.15, -0.1) is 0 Å². The molecule has 0 amide bonds. The Labute approximate surface area is 83.6 Å². The van der Waals surface area contributed by atoms with Crippen molar-refractivity contribution < 1.29 is 25.8 Å². The number of alkyl halides is 3. The molecule has 0 radical (unpaired) electrons. The second kappa shape index (κ2) is 3.81. The van der Waals surface area contributed by atoms with Crippen LogP contribution in [0.3, 0.4) is 0 Å². The molecular weight excluding hydrogens is 237 g/mol. The van der Waals surface area contributed by atoms with Gasteiger partial charge in [0, 0.05) is 18.8 Å². The summed E-state index contributed by atoms with van der Waals surface area (Å²) >= 11 is 0. The molecule has 0 N–H and O–H groups in total. The van der Waals surface area contributed by atoms with Gasteiger partial charge in [-0.1, -0.05) is 0 Å². The summed E-state index contributed by atoms with van der Waals surface area (Å²) in [7, 11) is -3.98. The van der Waals surface area contributed by atoms with E-state index in [0.29, 0.717) is 0 Å². The molecule has 0 saturated carbocycles. The third-order valence-electron chi connectivity index (χ3n) is 1.42. The van der Waals surface area contributed by atoms with Crippen molar-refractivity contribution in [3.63, 3.8) is 0 Å². The third-order valence-corrected chi connectivity index (χ3v) is 2.42. The van der Waals surface area contributed by atoms with Crippen LogP contribution in [0.1, 0.15) is 5.56 Å². The first-order chi connectivity index (χ1) is 6.72. The molecule has 0 bridgehead atoms. The largest absolute Gasteiger partial charge is 0.523 e. The lowest BCUT2D eigenvalue weighted by Crippen LogP contribution is -2.25. The highest BCUT2D eigenvalue weighted by atomic mass is 32.2. The van der Waals surface area contributed by atoms with Gasteiger partial charge in [-0.3, -0.25) is 8.86 Å². The molecule has 1 aromatic heterocycles. The number of nitrogens with zero attached hydrogens (tertiary/aromatic N) is 2. The molecule has 0 aliphatic carbocycles. The first kappa shape index (κ1) is 12.0. The molecule has 0 aliphatic rings. The second-order valence-electron chi connectivity index (χ2n) is 2.68. The molecule has 0 unspecified atom stereocenters. The predicted octanol–water partition coefficient (Wildman–Crippen LogP) is 0.786. The quantitative estimate of drug-likeness (QED) is 0.582. The summed E-state index contributed by atoms with van der Waals surface area (Å²) in [5.41, 5.74) is -5.15. The Morgan fingerprint density at radius 2 is 2.13 bits per heavy atom. The zero-order chi connectivity index (χ0) is 11.7. The highest BCUT2D eigenvalue weighted by Gasteiger charge is 2.47. The standard InChI is InChI=1S/C6H7F3N2O3S/c1-11-3-5(2-10-11)4-14-15(12,13)6(7,8)9/h2-3H,4H2,1H3. The first-order valence-corrected chi connectivity index (χ1v) is 5.06. The van der Waals surface area contributed by atoms with E-state index in [1.807, 2.05) is 0 Å². The van der Waals surface area contributed by atoms with Crippen LogP contribution in [-0.4, -0.2) is 23.7 Å². The topological polar surface area (TPSA) is 61.2 Å². The van der Waals surface area contributed by atoms with Gasteiger partial charge in [0.15, 0.2) is 0 Å². The highest BCUT2D eigenvalue weighted by Crippen LogP contribution is 2.25. The zero-order valence-electron chi connectivity index (χ0n) is 7.52. The molecule has 1 heterocycles. The summed E-state index contributed by atoms with van der Waals surface area (Å²) < 4.78 is 61.4. The summed E-state index contributed by atoms with van der Waals surface area (Å²) in [5.74, 6) is 0. The molecule has 9 heteroatoms. The minimum absolute atomic E-state index is 0.241. The van der Waals surface area contributed by atoms with Crippen LogP contribution in [-0.2, 0) is 28.0 Å². The highest BCUT2D eigenvalue weighted by molar-refractivity contribution is 7.87. The molecule has 5 nitrogen and oxygen atoms in total. The Bertz CT molecular complexity index is 437. The average molecular weight is 244 g/mol. The lowest BCUT2D eigenvalue weighted by molar-refractivity contribution is -0.0547. The van der Waals surface area contributed by atoms with Crippen LogP contribution >= 0.6 is 0 Å². The van der Waals surface area contributed by atoms with Crippen LogP contribution in [0.4, 0.5) is 13.2 Å². The van der Waals surface area contributed by atoms with Gasteiger partial charge in [-0.25, -0.2) is 0 Å². The van der Waals surface area contributed by atoms with Gasteiger partial charge in [0.2, 0.25) is 0 Å². The van der Waals surface area contributed by atoms with Crippen molar-refractivity contribution in [2.75, 3.05) is 0 Å². The van der Waals surface area contributed by atoms with Crippen molar-refractivity contribution in [1.29, 1.82) is 0 Å². The first-order valence-electron chi connectivity index (χ1n) is 3.65. The number of aryl methyl sites for hydroxylation is 1. The number of hydrogen-bond donors (Lipinski definition) is 0. The lowest BCUT2D eigenvalue weighted by atomic mass is 10.4. The maximum absolute atomic E-state index is 11.8. The van der Waals surface area contributed by atoms with Crippen LogP contribution in [0.25, 0.3) is 0 Å². The van der Waals surface area contributed by atoms with Crippen molar-refractivity contribution >= 4 is 10.1 Å². The van der Waals surface area contributed by atoms with E-state index in [4.69, 9.17) is 0 Å². The summed E-state index contributed by atoms with van der Waals surface area (Å²) in [5, 5.41) is 3.64. The predicted molar refractivity (Wildman–Crippen MR) is 43.0 cm³/mol. The van der Waals surface area contributed by atoms with Crippen LogP contribution in [0, 0.1) is 0 Å². The monoisotopic (exact) mass is 244 g/mol. The third kappa shape index (κ3) is 2.93.